The normalized spacial score (nSPS) is 11.6. The fourth-order valence-corrected chi connectivity index (χ4v) is 3.93. The molecule has 157 valence electrons. The minimum atomic E-state index is -0.235. The maximum absolute atomic E-state index is 12.6. The number of benzene rings is 2. The van der Waals surface area contributed by atoms with Crippen molar-refractivity contribution in [3.63, 3.8) is 0 Å². The van der Waals surface area contributed by atoms with E-state index in [0.717, 1.165) is 35.5 Å². The van der Waals surface area contributed by atoms with E-state index in [1.165, 1.54) is 51.4 Å². The molecule has 0 saturated carbocycles. The van der Waals surface area contributed by atoms with Crippen molar-refractivity contribution in [2.75, 3.05) is 6.61 Å². The molecule has 3 nitrogen and oxygen atoms in total. The standard InChI is InChI=1S/C26H34O3.K/c1-2-3-4-5-6-7-8-9-10-13-19-28-26(27)22-16-14-18-25-23(22)20-21-15-11-12-17-24(21)29-25;/h11-12,14-18H,2-10,13,19-20H2,1H3;. The minimum Gasteiger partial charge on any atom is -0.462 e. The second kappa shape index (κ2) is 14.4. The molecule has 0 spiro atoms. The van der Waals surface area contributed by atoms with Crippen LogP contribution in [-0.4, -0.2) is 64.0 Å². The van der Waals surface area contributed by atoms with Gasteiger partial charge in [0, 0.05) is 63.4 Å². The van der Waals surface area contributed by atoms with Gasteiger partial charge in [-0.2, -0.15) is 0 Å². The summed E-state index contributed by atoms with van der Waals surface area (Å²) in [5, 5.41) is 0. The third kappa shape index (κ3) is 7.80. The molecule has 0 aromatic heterocycles. The van der Waals surface area contributed by atoms with Crippen molar-refractivity contribution in [3.05, 3.63) is 59.2 Å². The smallest absolute Gasteiger partial charge is 0.338 e. The molecular weight excluding hydrogens is 399 g/mol. The molecule has 0 saturated heterocycles. The summed E-state index contributed by atoms with van der Waals surface area (Å²) in [4.78, 5) is 12.6. The Morgan fingerprint density at radius 2 is 1.47 bits per heavy atom. The first kappa shape index (κ1) is 25.6. The Hall–Kier alpha value is -0.654. The van der Waals surface area contributed by atoms with Crippen LogP contribution < -0.4 is 4.74 Å². The molecule has 0 bridgehead atoms. The molecule has 30 heavy (non-hydrogen) atoms. The van der Waals surface area contributed by atoms with Gasteiger partial charge in [-0.15, -0.1) is 0 Å². The van der Waals surface area contributed by atoms with Gasteiger partial charge in [0.25, 0.3) is 0 Å². The zero-order valence-corrected chi connectivity index (χ0v) is 21.9. The van der Waals surface area contributed by atoms with E-state index < -0.39 is 0 Å². The van der Waals surface area contributed by atoms with Crippen LogP contribution in [0.15, 0.2) is 42.5 Å². The van der Waals surface area contributed by atoms with Crippen molar-refractivity contribution in [2.45, 2.75) is 77.6 Å². The zero-order valence-electron chi connectivity index (χ0n) is 18.8. The van der Waals surface area contributed by atoms with Gasteiger partial charge in [-0.05, 0) is 30.2 Å². The summed E-state index contributed by atoms with van der Waals surface area (Å²) in [6, 6.07) is 13.6. The maximum Gasteiger partial charge on any atom is 0.338 e. The summed E-state index contributed by atoms with van der Waals surface area (Å²) in [6.07, 6.45) is 13.4. The van der Waals surface area contributed by atoms with E-state index in [1.54, 1.807) is 0 Å². The van der Waals surface area contributed by atoms with E-state index in [4.69, 9.17) is 9.47 Å². The van der Waals surface area contributed by atoms with Gasteiger partial charge in [0.05, 0.1) is 12.2 Å². The van der Waals surface area contributed by atoms with Crippen molar-refractivity contribution >= 4 is 57.4 Å². The Balaban J connectivity index is 0.00000320. The van der Waals surface area contributed by atoms with Gasteiger partial charge in [0.1, 0.15) is 11.5 Å². The number of esters is 1. The quantitative estimate of drug-likeness (QED) is 0.174. The third-order valence-electron chi connectivity index (χ3n) is 5.64. The number of ether oxygens (including phenoxy) is 2. The fraction of sp³-hybridized carbons (Fsp3) is 0.500. The van der Waals surface area contributed by atoms with E-state index in [-0.39, 0.29) is 57.4 Å². The van der Waals surface area contributed by atoms with E-state index >= 15 is 0 Å². The summed E-state index contributed by atoms with van der Waals surface area (Å²) in [6.45, 7) is 2.75. The Morgan fingerprint density at radius 1 is 0.833 bits per heavy atom. The number of hydrogen-bond acceptors (Lipinski definition) is 3. The topological polar surface area (TPSA) is 35.5 Å². The summed E-state index contributed by atoms with van der Waals surface area (Å²) in [5.74, 6) is 1.40. The zero-order chi connectivity index (χ0) is 20.3. The second-order valence-electron chi connectivity index (χ2n) is 7.99. The largest absolute Gasteiger partial charge is 0.462 e. The molecule has 2 aromatic rings. The van der Waals surface area contributed by atoms with Gasteiger partial charge >= 0.3 is 5.97 Å². The molecule has 0 unspecified atom stereocenters. The molecule has 0 atom stereocenters. The second-order valence-corrected chi connectivity index (χ2v) is 7.99. The number of carbonyl (C=O) groups excluding carboxylic acids is 1. The molecule has 0 N–H and O–H groups in total. The predicted molar refractivity (Wildman–Crippen MR) is 124 cm³/mol. The summed E-state index contributed by atoms with van der Waals surface area (Å²) in [7, 11) is 0. The average Bonchev–Trinajstić information content (AvgIpc) is 2.75. The molecule has 0 fully saturated rings. The molecular formula is C26H34KO3. The summed E-state index contributed by atoms with van der Waals surface area (Å²) in [5.41, 5.74) is 2.67. The van der Waals surface area contributed by atoms with Crippen molar-refractivity contribution in [1.82, 2.24) is 0 Å². The van der Waals surface area contributed by atoms with Gasteiger partial charge < -0.3 is 9.47 Å². The van der Waals surface area contributed by atoms with Crippen LogP contribution in [0.1, 0.15) is 92.6 Å². The Bertz CT molecular complexity index is 788. The van der Waals surface area contributed by atoms with Gasteiger partial charge in [0.2, 0.25) is 0 Å². The number of hydrogen-bond donors (Lipinski definition) is 0. The molecule has 1 radical (unpaired) electrons. The summed E-state index contributed by atoms with van der Waals surface area (Å²) >= 11 is 0. The monoisotopic (exact) mass is 433 g/mol. The van der Waals surface area contributed by atoms with Crippen LogP contribution in [0.5, 0.6) is 11.5 Å². The van der Waals surface area contributed by atoms with E-state index in [0.29, 0.717) is 18.6 Å². The number of fused-ring (bicyclic) bond motifs is 2. The van der Waals surface area contributed by atoms with Crippen molar-refractivity contribution < 1.29 is 14.3 Å². The van der Waals surface area contributed by atoms with Crippen LogP contribution in [0.2, 0.25) is 0 Å². The van der Waals surface area contributed by atoms with Gasteiger partial charge in [-0.25, -0.2) is 4.79 Å². The molecule has 0 aliphatic carbocycles. The minimum absolute atomic E-state index is 0. The molecule has 1 aliphatic heterocycles. The predicted octanol–water partition coefficient (Wildman–Crippen LogP) is 7.08. The van der Waals surface area contributed by atoms with Crippen LogP contribution in [0, 0.1) is 0 Å². The van der Waals surface area contributed by atoms with Crippen molar-refractivity contribution in [3.8, 4) is 11.5 Å². The average molecular weight is 434 g/mol. The van der Waals surface area contributed by atoms with Crippen molar-refractivity contribution in [1.29, 1.82) is 0 Å². The SMILES string of the molecule is CCCCCCCCCCCCOC(=O)c1cccc2c1Cc1ccccc1O2.[K]. The molecule has 2 aromatic carbocycles. The van der Waals surface area contributed by atoms with Crippen LogP contribution in [0.3, 0.4) is 0 Å². The first-order chi connectivity index (χ1) is 14.3. The van der Waals surface area contributed by atoms with Gasteiger partial charge in [-0.3, -0.25) is 0 Å². The summed E-state index contributed by atoms with van der Waals surface area (Å²) < 4.78 is 11.5. The van der Waals surface area contributed by atoms with E-state index in [9.17, 15) is 4.79 Å². The fourth-order valence-electron chi connectivity index (χ4n) is 3.93. The van der Waals surface area contributed by atoms with Crippen LogP contribution in [-0.2, 0) is 11.2 Å². The Kier molecular flexibility index (Phi) is 12.3. The Labute approximate surface area is 224 Å². The van der Waals surface area contributed by atoms with Gasteiger partial charge in [0.15, 0.2) is 0 Å². The molecule has 1 heterocycles. The van der Waals surface area contributed by atoms with E-state index in [1.807, 2.05) is 42.5 Å². The van der Waals surface area contributed by atoms with Gasteiger partial charge in [-0.1, -0.05) is 89.0 Å². The number of unbranched alkanes of at least 4 members (excludes halogenated alkanes) is 9. The number of carbonyl (C=O) groups is 1. The molecule has 0 amide bonds. The first-order valence-corrected chi connectivity index (χ1v) is 11.3. The molecule has 3 rings (SSSR count). The van der Waals surface area contributed by atoms with Crippen LogP contribution in [0.25, 0.3) is 0 Å². The van der Waals surface area contributed by atoms with E-state index in [2.05, 4.69) is 6.92 Å². The van der Waals surface area contributed by atoms with Crippen LogP contribution in [0.4, 0.5) is 0 Å². The maximum atomic E-state index is 12.6. The molecule has 1 aliphatic rings. The van der Waals surface area contributed by atoms with Crippen molar-refractivity contribution in [2.24, 2.45) is 0 Å². The number of rotatable bonds is 12. The molecule has 4 heteroatoms. The third-order valence-corrected chi connectivity index (χ3v) is 5.64. The van der Waals surface area contributed by atoms with Crippen LogP contribution >= 0.6 is 0 Å². The Morgan fingerprint density at radius 3 is 2.20 bits per heavy atom. The first-order valence-electron chi connectivity index (χ1n) is 11.3. The number of para-hydroxylation sites is 1.